The number of sulfonamides is 1. The van der Waals surface area contributed by atoms with Gasteiger partial charge in [0.1, 0.15) is 5.82 Å². The Morgan fingerprint density at radius 1 is 1.19 bits per heavy atom. The quantitative estimate of drug-likeness (QED) is 0.344. The SMILES string of the molecule is Cc1ccncc1-c1cc(N)c2cnc(NC(=O)C(=O)NC3(C#N)CN(S(=O)(=O)C4CC4)C3)cc2c1. The van der Waals surface area contributed by atoms with Gasteiger partial charge in [-0.05, 0) is 60.5 Å². The number of carbonyl (C=O) groups is 2. The minimum absolute atomic E-state index is 0.125. The van der Waals surface area contributed by atoms with Crippen LogP contribution < -0.4 is 16.4 Å². The molecule has 4 N–H and O–H groups in total. The monoisotopic (exact) mass is 505 g/mol. The van der Waals surface area contributed by atoms with Crippen LogP contribution in [0.15, 0.2) is 42.9 Å². The number of nitrogens with one attached hydrogen (secondary N) is 2. The second-order valence-electron chi connectivity index (χ2n) is 9.16. The van der Waals surface area contributed by atoms with Crippen LogP contribution in [-0.2, 0) is 19.6 Å². The van der Waals surface area contributed by atoms with Crippen LogP contribution in [0.3, 0.4) is 0 Å². The van der Waals surface area contributed by atoms with Gasteiger partial charge in [0.25, 0.3) is 0 Å². The Hall–Kier alpha value is -4.08. The van der Waals surface area contributed by atoms with Crippen LogP contribution in [0.1, 0.15) is 18.4 Å². The predicted octanol–water partition coefficient (Wildman–Crippen LogP) is 1.31. The summed E-state index contributed by atoms with van der Waals surface area (Å²) in [5.41, 5.74) is 8.06. The number of hydrogen-bond donors (Lipinski definition) is 3. The summed E-state index contributed by atoms with van der Waals surface area (Å²) < 4.78 is 25.8. The van der Waals surface area contributed by atoms with E-state index in [-0.39, 0.29) is 18.9 Å². The molecule has 1 aromatic carbocycles. The van der Waals surface area contributed by atoms with Gasteiger partial charge in [0, 0.05) is 35.2 Å². The molecule has 5 rings (SSSR count). The Bertz CT molecular complexity index is 1550. The molecule has 2 amide bonds. The molecule has 36 heavy (non-hydrogen) atoms. The van der Waals surface area contributed by atoms with Crippen molar-refractivity contribution in [2.45, 2.75) is 30.6 Å². The summed E-state index contributed by atoms with van der Waals surface area (Å²) in [6.45, 7) is 1.59. The number of anilines is 2. The number of aromatic nitrogens is 2. The molecular formula is C24H23N7O4S. The summed E-state index contributed by atoms with van der Waals surface area (Å²) in [6.07, 6.45) is 6.14. The molecule has 2 fully saturated rings. The first kappa shape index (κ1) is 23.7. The standard InChI is InChI=1S/C24H23N7O4S/c1-14-4-5-27-9-18(14)15-6-16-8-21(28-10-19(16)20(26)7-15)29-22(32)23(33)30-24(11-25)12-31(13-24)36(34,35)17-2-3-17/h4-10,17H,2-3,12-13,26H2,1H3,(H,30,33)(H,28,29,32). The maximum atomic E-state index is 12.5. The molecule has 3 heterocycles. The molecule has 1 aliphatic carbocycles. The number of pyridine rings is 2. The van der Waals surface area contributed by atoms with Crippen LogP contribution in [0.25, 0.3) is 21.9 Å². The predicted molar refractivity (Wildman–Crippen MR) is 133 cm³/mol. The minimum atomic E-state index is -3.46. The van der Waals surface area contributed by atoms with Gasteiger partial charge in [-0.15, -0.1) is 0 Å². The summed E-state index contributed by atoms with van der Waals surface area (Å²) in [7, 11) is -3.46. The second kappa shape index (κ2) is 8.54. The van der Waals surface area contributed by atoms with Gasteiger partial charge in [0.05, 0.1) is 24.4 Å². The van der Waals surface area contributed by atoms with Crippen molar-refractivity contribution in [1.29, 1.82) is 5.26 Å². The molecule has 11 nitrogen and oxygen atoms in total. The fraction of sp³-hybridized carbons (Fsp3) is 0.292. The zero-order valence-electron chi connectivity index (χ0n) is 19.4. The molecule has 3 aromatic rings. The topological polar surface area (TPSA) is 171 Å². The van der Waals surface area contributed by atoms with Crippen molar-refractivity contribution >= 4 is 44.1 Å². The van der Waals surface area contributed by atoms with Crippen LogP contribution >= 0.6 is 0 Å². The van der Waals surface area contributed by atoms with Crippen molar-refractivity contribution < 1.29 is 18.0 Å². The molecule has 0 spiro atoms. The number of nitriles is 1. The van der Waals surface area contributed by atoms with Crippen molar-refractivity contribution in [2.24, 2.45) is 0 Å². The lowest BCUT2D eigenvalue weighted by atomic mass is 9.94. The second-order valence-corrected chi connectivity index (χ2v) is 11.4. The van der Waals surface area contributed by atoms with Crippen molar-refractivity contribution in [2.75, 3.05) is 24.1 Å². The highest BCUT2D eigenvalue weighted by Gasteiger charge is 2.53. The Morgan fingerprint density at radius 3 is 2.61 bits per heavy atom. The Labute approximate surface area is 207 Å². The van der Waals surface area contributed by atoms with E-state index in [4.69, 9.17) is 5.73 Å². The maximum absolute atomic E-state index is 12.5. The molecule has 184 valence electrons. The summed E-state index contributed by atoms with van der Waals surface area (Å²) in [4.78, 5) is 33.4. The first-order valence-corrected chi connectivity index (χ1v) is 12.8. The smallest absolute Gasteiger partial charge is 0.314 e. The maximum Gasteiger partial charge on any atom is 0.314 e. The van der Waals surface area contributed by atoms with Gasteiger partial charge < -0.3 is 16.4 Å². The third-order valence-electron chi connectivity index (χ3n) is 6.43. The summed E-state index contributed by atoms with van der Waals surface area (Å²) in [6, 6.07) is 9.13. The van der Waals surface area contributed by atoms with E-state index in [9.17, 15) is 23.3 Å². The highest BCUT2D eigenvalue weighted by molar-refractivity contribution is 7.90. The first-order valence-electron chi connectivity index (χ1n) is 11.3. The molecular weight excluding hydrogens is 482 g/mol. The van der Waals surface area contributed by atoms with Crippen molar-refractivity contribution in [3.8, 4) is 17.2 Å². The minimum Gasteiger partial charge on any atom is -0.398 e. The third-order valence-corrected chi connectivity index (χ3v) is 8.72. The van der Waals surface area contributed by atoms with E-state index in [0.29, 0.717) is 29.3 Å². The molecule has 1 saturated heterocycles. The summed E-state index contributed by atoms with van der Waals surface area (Å²) >= 11 is 0. The molecule has 2 aromatic heterocycles. The number of benzene rings is 1. The molecule has 12 heteroatoms. The zero-order chi connectivity index (χ0) is 25.7. The average Bonchev–Trinajstić information content (AvgIpc) is 3.67. The number of carbonyl (C=O) groups excluding carboxylic acids is 2. The molecule has 0 bridgehead atoms. The normalized spacial score (nSPS) is 17.1. The lowest BCUT2D eigenvalue weighted by molar-refractivity contribution is -0.137. The van der Waals surface area contributed by atoms with Crippen molar-refractivity contribution in [3.63, 3.8) is 0 Å². The van der Waals surface area contributed by atoms with E-state index in [2.05, 4.69) is 20.6 Å². The van der Waals surface area contributed by atoms with E-state index in [0.717, 1.165) is 16.7 Å². The van der Waals surface area contributed by atoms with Crippen LogP contribution in [-0.4, -0.2) is 58.4 Å². The first-order chi connectivity index (χ1) is 17.1. The lowest BCUT2D eigenvalue weighted by Crippen LogP contribution is -2.71. The zero-order valence-corrected chi connectivity index (χ0v) is 20.2. The van der Waals surface area contributed by atoms with Gasteiger partial charge >= 0.3 is 11.8 Å². The lowest BCUT2D eigenvalue weighted by Gasteiger charge is -2.44. The van der Waals surface area contributed by atoms with Crippen LogP contribution in [0.5, 0.6) is 0 Å². The number of hydrogen-bond acceptors (Lipinski definition) is 8. The fourth-order valence-electron chi connectivity index (χ4n) is 4.21. The largest absolute Gasteiger partial charge is 0.398 e. The highest BCUT2D eigenvalue weighted by atomic mass is 32.2. The van der Waals surface area contributed by atoms with E-state index in [1.807, 2.05) is 31.2 Å². The molecule has 0 radical (unpaired) electrons. The molecule has 1 aliphatic heterocycles. The van der Waals surface area contributed by atoms with E-state index in [1.165, 1.54) is 10.5 Å². The fourth-order valence-corrected chi connectivity index (χ4v) is 6.17. The number of amides is 2. The molecule has 0 atom stereocenters. The van der Waals surface area contributed by atoms with Crippen molar-refractivity contribution in [1.82, 2.24) is 19.6 Å². The number of rotatable bonds is 5. The van der Waals surface area contributed by atoms with E-state index < -0.39 is 32.6 Å². The molecule has 0 unspecified atom stereocenters. The highest BCUT2D eigenvalue weighted by Crippen LogP contribution is 2.35. The van der Waals surface area contributed by atoms with Gasteiger partial charge in [-0.2, -0.15) is 9.57 Å². The number of nitrogen functional groups attached to an aromatic ring is 1. The number of nitrogens with zero attached hydrogens (tertiary/aromatic N) is 4. The molecule has 1 saturated carbocycles. The van der Waals surface area contributed by atoms with Gasteiger partial charge in [-0.1, -0.05) is 0 Å². The van der Waals surface area contributed by atoms with Crippen molar-refractivity contribution in [3.05, 3.63) is 48.4 Å². The van der Waals surface area contributed by atoms with Gasteiger partial charge in [0.15, 0.2) is 5.54 Å². The van der Waals surface area contributed by atoms with E-state index >= 15 is 0 Å². The number of aryl methyl sites for hydroxylation is 1. The van der Waals surface area contributed by atoms with Crippen LogP contribution in [0, 0.1) is 18.3 Å². The average molecular weight is 506 g/mol. The van der Waals surface area contributed by atoms with Gasteiger partial charge in [-0.25, -0.2) is 13.4 Å². The molecule has 2 aliphatic rings. The van der Waals surface area contributed by atoms with Gasteiger partial charge in [-0.3, -0.25) is 14.6 Å². The Kier molecular flexibility index (Phi) is 5.61. The van der Waals surface area contributed by atoms with Crippen LogP contribution in [0.2, 0.25) is 0 Å². The van der Waals surface area contributed by atoms with E-state index in [1.54, 1.807) is 18.5 Å². The Balaban J connectivity index is 1.30. The third kappa shape index (κ3) is 4.23. The number of fused-ring (bicyclic) bond motifs is 1. The van der Waals surface area contributed by atoms with Gasteiger partial charge in [0.2, 0.25) is 10.0 Å². The Morgan fingerprint density at radius 2 is 1.94 bits per heavy atom. The number of nitrogens with two attached hydrogens (primary N) is 1. The van der Waals surface area contributed by atoms with Crippen LogP contribution in [0.4, 0.5) is 11.5 Å². The summed E-state index contributed by atoms with van der Waals surface area (Å²) in [5, 5.41) is 15.3. The summed E-state index contributed by atoms with van der Waals surface area (Å²) in [5.74, 6) is -1.95.